The smallest absolute Gasteiger partial charge is 0.164 e. The quantitative estimate of drug-likeness (QED) is 0.918. The summed E-state index contributed by atoms with van der Waals surface area (Å²) in [6, 6.07) is 4.33. The minimum absolute atomic E-state index is 0.0999. The van der Waals surface area contributed by atoms with Crippen LogP contribution in [0.1, 0.15) is 24.4 Å². The van der Waals surface area contributed by atoms with Gasteiger partial charge < -0.3 is 19.6 Å². The number of nitrogens with zero attached hydrogens (tertiary/aromatic N) is 2. The fourth-order valence-corrected chi connectivity index (χ4v) is 4.19. The molecular weight excluding hydrogens is 294 g/mol. The molecule has 4 aliphatic rings. The second kappa shape index (κ2) is 5.60. The van der Waals surface area contributed by atoms with Gasteiger partial charge in [0.15, 0.2) is 11.5 Å². The number of methoxy groups -OCH3 is 3. The van der Waals surface area contributed by atoms with Crippen LogP contribution in [-0.4, -0.2) is 51.1 Å². The summed E-state index contributed by atoms with van der Waals surface area (Å²) in [5.74, 6) is 2.83. The number of hydrazone groups is 1. The van der Waals surface area contributed by atoms with Crippen molar-refractivity contribution in [1.29, 1.82) is 0 Å². The van der Waals surface area contributed by atoms with Crippen LogP contribution in [0, 0.1) is 5.92 Å². The van der Waals surface area contributed by atoms with E-state index in [4.69, 9.17) is 14.2 Å². The fourth-order valence-electron chi connectivity index (χ4n) is 4.19. The Hall–Kier alpha value is -1.95. The van der Waals surface area contributed by atoms with Gasteiger partial charge in [0, 0.05) is 17.5 Å². The highest BCUT2D eigenvalue weighted by Gasteiger charge is 2.47. The van der Waals surface area contributed by atoms with Gasteiger partial charge in [0.25, 0.3) is 0 Å². The number of ether oxygens (including phenoxy) is 3. The number of fused-ring (bicyclic) bond motifs is 2. The van der Waals surface area contributed by atoms with E-state index in [2.05, 4.69) is 15.4 Å². The molecule has 124 valence electrons. The van der Waals surface area contributed by atoms with Crippen molar-refractivity contribution < 1.29 is 14.2 Å². The van der Waals surface area contributed by atoms with Crippen molar-refractivity contribution in [1.82, 2.24) is 10.3 Å². The lowest BCUT2D eigenvalue weighted by molar-refractivity contribution is 0.133. The molecule has 6 nitrogen and oxygen atoms in total. The Morgan fingerprint density at radius 1 is 1.00 bits per heavy atom. The summed E-state index contributed by atoms with van der Waals surface area (Å²) < 4.78 is 16.5. The van der Waals surface area contributed by atoms with E-state index in [0.717, 1.165) is 30.2 Å². The van der Waals surface area contributed by atoms with E-state index >= 15 is 0 Å². The summed E-state index contributed by atoms with van der Waals surface area (Å²) in [5, 5.41) is 4.67. The Morgan fingerprint density at radius 3 is 2.30 bits per heavy atom. The predicted molar refractivity (Wildman–Crippen MR) is 87.5 cm³/mol. The second-order valence-corrected chi connectivity index (χ2v) is 6.35. The summed E-state index contributed by atoms with van der Waals surface area (Å²) >= 11 is 0. The zero-order chi connectivity index (χ0) is 16.0. The van der Waals surface area contributed by atoms with Gasteiger partial charge in [0.05, 0.1) is 39.1 Å². The second-order valence-electron chi connectivity index (χ2n) is 6.35. The molecule has 2 unspecified atom stereocenters. The van der Waals surface area contributed by atoms with Crippen molar-refractivity contribution >= 4 is 5.71 Å². The van der Waals surface area contributed by atoms with Crippen molar-refractivity contribution in [3.8, 4) is 17.2 Å². The molecule has 3 fully saturated rings. The maximum absolute atomic E-state index is 5.61. The molecule has 2 bridgehead atoms. The number of rotatable bonds is 4. The Morgan fingerprint density at radius 2 is 1.65 bits per heavy atom. The van der Waals surface area contributed by atoms with Crippen LogP contribution in [0.25, 0.3) is 0 Å². The lowest BCUT2D eigenvalue weighted by atomic mass is 9.78. The van der Waals surface area contributed by atoms with Gasteiger partial charge in [0.1, 0.15) is 5.75 Å². The molecular formula is C17H23N3O3. The molecule has 23 heavy (non-hydrogen) atoms. The first-order chi connectivity index (χ1) is 11.3. The molecule has 1 N–H and O–H groups in total. The van der Waals surface area contributed by atoms with Crippen LogP contribution < -0.4 is 19.6 Å². The van der Waals surface area contributed by atoms with E-state index < -0.39 is 0 Å². The molecule has 4 heterocycles. The monoisotopic (exact) mass is 317 g/mol. The van der Waals surface area contributed by atoms with Gasteiger partial charge in [-0.2, -0.15) is 5.10 Å². The SMILES string of the molecule is COc1cc(OC)c(C2NN=C3C4CCN(CC4)C32)cc1OC. The maximum atomic E-state index is 5.61. The highest BCUT2D eigenvalue weighted by Crippen LogP contribution is 2.44. The first kappa shape index (κ1) is 14.6. The number of hydrogen-bond donors (Lipinski definition) is 1. The first-order valence-corrected chi connectivity index (χ1v) is 8.13. The third kappa shape index (κ3) is 2.16. The topological polar surface area (TPSA) is 55.3 Å². The fraction of sp³-hybridized carbons (Fsp3) is 0.588. The molecule has 5 rings (SSSR count). The molecule has 0 spiro atoms. The Labute approximate surface area is 136 Å². The lowest BCUT2D eigenvalue weighted by Gasteiger charge is -2.45. The molecule has 6 heteroatoms. The summed E-state index contributed by atoms with van der Waals surface area (Å²) in [6.07, 6.45) is 2.46. The van der Waals surface area contributed by atoms with Crippen molar-refractivity contribution in [2.24, 2.45) is 11.0 Å². The number of benzene rings is 1. The van der Waals surface area contributed by atoms with E-state index in [9.17, 15) is 0 Å². The van der Waals surface area contributed by atoms with Gasteiger partial charge in [-0.05, 0) is 32.0 Å². The van der Waals surface area contributed by atoms with E-state index in [1.165, 1.54) is 18.6 Å². The Balaban J connectivity index is 1.73. The number of piperidine rings is 3. The zero-order valence-electron chi connectivity index (χ0n) is 13.8. The van der Waals surface area contributed by atoms with Crippen LogP contribution in [0.3, 0.4) is 0 Å². The van der Waals surface area contributed by atoms with Crippen LogP contribution in [-0.2, 0) is 0 Å². The van der Waals surface area contributed by atoms with Gasteiger partial charge >= 0.3 is 0 Å². The summed E-state index contributed by atoms with van der Waals surface area (Å²) in [5.41, 5.74) is 5.73. The van der Waals surface area contributed by atoms with Crippen molar-refractivity contribution in [3.63, 3.8) is 0 Å². The van der Waals surface area contributed by atoms with Gasteiger partial charge in [-0.25, -0.2) is 0 Å². The van der Waals surface area contributed by atoms with Crippen LogP contribution in [0.15, 0.2) is 17.2 Å². The molecule has 1 aromatic carbocycles. The standard InChI is InChI=1S/C17H23N3O3/c1-21-12-9-14(23-3)13(22-2)8-11(12)16-17-15(18-19-16)10-4-6-20(17)7-5-10/h8-10,16-17,19H,4-7H2,1-3H3. The molecule has 3 saturated heterocycles. The first-order valence-electron chi connectivity index (χ1n) is 8.13. The Bertz CT molecular complexity index is 638. The van der Waals surface area contributed by atoms with Crippen LogP contribution in [0.2, 0.25) is 0 Å². The van der Waals surface area contributed by atoms with E-state index in [1.807, 2.05) is 12.1 Å². The van der Waals surface area contributed by atoms with Crippen LogP contribution in [0.5, 0.6) is 17.2 Å². The molecule has 0 radical (unpaired) electrons. The van der Waals surface area contributed by atoms with E-state index in [0.29, 0.717) is 17.7 Å². The maximum Gasteiger partial charge on any atom is 0.164 e. The third-order valence-corrected chi connectivity index (χ3v) is 5.36. The summed E-state index contributed by atoms with van der Waals surface area (Å²) in [4.78, 5) is 2.54. The molecule has 0 amide bonds. The molecule has 0 aliphatic carbocycles. The molecule has 1 aromatic rings. The average molecular weight is 317 g/mol. The molecule has 0 saturated carbocycles. The molecule has 4 aliphatic heterocycles. The van der Waals surface area contributed by atoms with Crippen molar-refractivity contribution in [2.45, 2.75) is 24.9 Å². The molecule has 2 atom stereocenters. The van der Waals surface area contributed by atoms with Gasteiger partial charge in [-0.1, -0.05) is 0 Å². The highest BCUT2D eigenvalue weighted by atomic mass is 16.5. The van der Waals surface area contributed by atoms with Gasteiger partial charge in [0.2, 0.25) is 0 Å². The summed E-state index contributed by atoms with van der Waals surface area (Å²) in [6.45, 7) is 2.31. The average Bonchev–Trinajstić information content (AvgIpc) is 3.08. The zero-order valence-corrected chi connectivity index (χ0v) is 13.8. The third-order valence-electron chi connectivity index (χ3n) is 5.36. The van der Waals surface area contributed by atoms with Crippen molar-refractivity contribution in [2.75, 3.05) is 34.4 Å². The minimum Gasteiger partial charge on any atom is -0.496 e. The highest BCUT2D eigenvalue weighted by molar-refractivity contribution is 5.95. The van der Waals surface area contributed by atoms with Crippen LogP contribution >= 0.6 is 0 Å². The van der Waals surface area contributed by atoms with Gasteiger partial charge in [-0.3, -0.25) is 4.90 Å². The lowest BCUT2D eigenvalue weighted by Crippen LogP contribution is -2.56. The van der Waals surface area contributed by atoms with Gasteiger partial charge in [-0.15, -0.1) is 0 Å². The van der Waals surface area contributed by atoms with Crippen LogP contribution in [0.4, 0.5) is 0 Å². The van der Waals surface area contributed by atoms with E-state index in [1.54, 1.807) is 21.3 Å². The number of nitrogens with one attached hydrogen (secondary N) is 1. The number of hydrogen-bond acceptors (Lipinski definition) is 6. The summed E-state index contributed by atoms with van der Waals surface area (Å²) in [7, 11) is 4.98. The van der Waals surface area contributed by atoms with E-state index in [-0.39, 0.29) is 6.04 Å². The normalized spacial score (nSPS) is 31.2. The Kier molecular flexibility index (Phi) is 3.56. The largest absolute Gasteiger partial charge is 0.496 e. The van der Waals surface area contributed by atoms with Crippen molar-refractivity contribution in [3.05, 3.63) is 17.7 Å². The minimum atomic E-state index is 0.0999. The predicted octanol–water partition coefficient (Wildman–Crippen LogP) is 1.81. The molecule has 0 aromatic heterocycles.